The molecule has 1 aliphatic carbocycles. The number of rotatable bonds is 8. The summed E-state index contributed by atoms with van der Waals surface area (Å²) in [7, 11) is 0. The molecule has 2 rings (SSSR count). The summed E-state index contributed by atoms with van der Waals surface area (Å²) < 4.78 is 9.33. The molecule has 0 atom stereocenters. The maximum Gasteiger partial charge on any atom is 0.343 e. The second-order valence-electron chi connectivity index (χ2n) is 4.98. The van der Waals surface area contributed by atoms with Gasteiger partial charge in [-0.3, -0.25) is 4.90 Å². The first-order valence-corrected chi connectivity index (χ1v) is 8.06. The van der Waals surface area contributed by atoms with Gasteiger partial charge in [0.1, 0.15) is 10.6 Å². The summed E-state index contributed by atoms with van der Waals surface area (Å²) in [6.07, 6.45) is 2.64. The van der Waals surface area contributed by atoms with Crippen LogP contribution in [0.5, 0.6) is 0 Å². The lowest BCUT2D eigenvalue weighted by Crippen LogP contribution is -2.31. The number of hydrogen-bond donors (Lipinski definition) is 1. The highest BCUT2D eigenvalue weighted by molar-refractivity contribution is 7.10. The molecule has 0 bridgehead atoms. The number of aryl methyl sites for hydroxylation is 1. The van der Waals surface area contributed by atoms with Crippen LogP contribution in [-0.4, -0.2) is 47.5 Å². The van der Waals surface area contributed by atoms with Crippen molar-refractivity contribution in [1.82, 2.24) is 9.27 Å². The van der Waals surface area contributed by atoms with E-state index in [4.69, 9.17) is 4.74 Å². The van der Waals surface area contributed by atoms with Crippen LogP contribution in [0.1, 0.15) is 42.7 Å². The van der Waals surface area contributed by atoms with E-state index in [1.54, 1.807) is 0 Å². The van der Waals surface area contributed by atoms with Crippen molar-refractivity contribution in [1.29, 1.82) is 0 Å². The first-order valence-electron chi connectivity index (χ1n) is 7.28. The minimum atomic E-state index is -0.282. The van der Waals surface area contributed by atoms with Crippen molar-refractivity contribution < 1.29 is 9.53 Å². The Balaban J connectivity index is 1.90. The standard InChI is InChI=1S/C14H23N3O2S/c1-4-17(11-6-7-11)9-8-15-13-12(10(3)16-20-13)14(18)19-5-2/h11,15H,4-9H2,1-3H3. The lowest BCUT2D eigenvalue weighted by atomic mass is 10.2. The van der Waals surface area contributed by atoms with Gasteiger partial charge >= 0.3 is 5.97 Å². The first-order chi connectivity index (χ1) is 9.67. The fourth-order valence-corrected chi connectivity index (χ4v) is 3.09. The monoisotopic (exact) mass is 297 g/mol. The van der Waals surface area contributed by atoms with Gasteiger partial charge in [0.15, 0.2) is 0 Å². The van der Waals surface area contributed by atoms with Crippen molar-refractivity contribution in [3.05, 3.63) is 11.3 Å². The topological polar surface area (TPSA) is 54.5 Å². The van der Waals surface area contributed by atoms with Crippen molar-refractivity contribution in [3.63, 3.8) is 0 Å². The Bertz CT molecular complexity index is 457. The number of carbonyl (C=O) groups excluding carboxylic acids is 1. The second kappa shape index (κ2) is 7.04. The van der Waals surface area contributed by atoms with Gasteiger partial charge in [0.2, 0.25) is 0 Å². The number of nitrogens with one attached hydrogen (secondary N) is 1. The molecule has 6 heteroatoms. The number of nitrogens with zero attached hydrogens (tertiary/aromatic N) is 2. The molecule has 0 radical (unpaired) electrons. The number of ether oxygens (including phenoxy) is 1. The van der Waals surface area contributed by atoms with Gasteiger partial charge in [0.25, 0.3) is 0 Å². The highest BCUT2D eigenvalue weighted by Gasteiger charge is 2.27. The summed E-state index contributed by atoms with van der Waals surface area (Å²) in [5, 5.41) is 4.16. The van der Waals surface area contributed by atoms with Crippen LogP contribution >= 0.6 is 11.5 Å². The summed E-state index contributed by atoms with van der Waals surface area (Å²) >= 11 is 1.33. The fourth-order valence-electron chi connectivity index (χ4n) is 2.29. The molecule has 0 unspecified atom stereocenters. The summed E-state index contributed by atoms with van der Waals surface area (Å²) in [5.41, 5.74) is 1.33. The molecule has 5 nitrogen and oxygen atoms in total. The van der Waals surface area contributed by atoms with Crippen molar-refractivity contribution in [2.24, 2.45) is 0 Å². The van der Waals surface area contributed by atoms with E-state index >= 15 is 0 Å². The largest absolute Gasteiger partial charge is 0.462 e. The summed E-state index contributed by atoms with van der Waals surface area (Å²) in [5.74, 6) is -0.282. The predicted octanol–water partition coefficient (Wildman–Crippen LogP) is 2.52. The van der Waals surface area contributed by atoms with E-state index < -0.39 is 0 Å². The third-order valence-electron chi connectivity index (χ3n) is 3.50. The first kappa shape index (κ1) is 15.3. The van der Waals surface area contributed by atoms with Crippen LogP contribution in [0.25, 0.3) is 0 Å². The molecule has 0 amide bonds. The summed E-state index contributed by atoms with van der Waals surface area (Å²) in [4.78, 5) is 14.4. The van der Waals surface area contributed by atoms with Gasteiger partial charge < -0.3 is 10.1 Å². The van der Waals surface area contributed by atoms with Crippen LogP contribution in [0, 0.1) is 6.92 Å². The zero-order valence-electron chi connectivity index (χ0n) is 12.4. The molecule has 1 N–H and O–H groups in total. The minimum Gasteiger partial charge on any atom is -0.462 e. The Kier molecular flexibility index (Phi) is 5.37. The summed E-state index contributed by atoms with van der Waals surface area (Å²) in [6, 6.07) is 0.773. The molecule has 1 heterocycles. The SMILES string of the molecule is CCOC(=O)c1c(C)nsc1NCCN(CC)C1CC1. The molecular formula is C14H23N3O2S. The zero-order valence-corrected chi connectivity index (χ0v) is 13.3. The third-order valence-corrected chi connectivity index (χ3v) is 4.39. The normalized spacial score (nSPS) is 14.6. The van der Waals surface area contributed by atoms with E-state index in [0.717, 1.165) is 36.4 Å². The number of likely N-dealkylation sites (N-methyl/N-ethyl adjacent to an activating group) is 1. The van der Waals surface area contributed by atoms with Crippen LogP contribution in [0.3, 0.4) is 0 Å². The van der Waals surface area contributed by atoms with Crippen LogP contribution in [0.15, 0.2) is 0 Å². The molecule has 1 aromatic rings. The lowest BCUT2D eigenvalue weighted by Gasteiger charge is -2.19. The van der Waals surface area contributed by atoms with Crippen LogP contribution in [0.4, 0.5) is 5.00 Å². The Hall–Kier alpha value is -1.14. The highest BCUT2D eigenvalue weighted by atomic mass is 32.1. The maximum absolute atomic E-state index is 11.9. The molecular weight excluding hydrogens is 274 g/mol. The molecule has 20 heavy (non-hydrogen) atoms. The average Bonchev–Trinajstić information content (AvgIpc) is 3.19. The molecule has 1 fully saturated rings. The van der Waals surface area contributed by atoms with Crippen LogP contribution < -0.4 is 5.32 Å². The Morgan fingerprint density at radius 3 is 2.85 bits per heavy atom. The van der Waals surface area contributed by atoms with Gasteiger partial charge in [-0.1, -0.05) is 6.92 Å². The predicted molar refractivity (Wildman–Crippen MR) is 81.6 cm³/mol. The minimum absolute atomic E-state index is 0.282. The number of anilines is 1. The van der Waals surface area contributed by atoms with Gasteiger partial charge in [-0.15, -0.1) is 0 Å². The molecule has 112 valence electrons. The van der Waals surface area contributed by atoms with Gasteiger partial charge in [-0.05, 0) is 44.8 Å². The molecule has 0 aromatic carbocycles. The van der Waals surface area contributed by atoms with E-state index in [1.165, 1.54) is 24.4 Å². The average molecular weight is 297 g/mol. The van der Waals surface area contributed by atoms with Gasteiger partial charge in [0.05, 0.1) is 12.3 Å². The Morgan fingerprint density at radius 1 is 1.50 bits per heavy atom. The molecule has 1 saturated carbocycles. The van der Waals surface area contributed by atoms with Gasteiger partial charge in [-0.2, -0.15) is 4.37 Å². The van der Waals surface area contributed by atoms with Crippen molar-refractivity contribution >= 4 is 22.5 Å². The fraction of sp³-hybridized carbons (Fsp3) is 0.714. The molecule has 1 aromatic heterocycles. The Morgan fingerprint density at radius 2 is 2.25 bits per heavy atom. The maximum atomic E-state index is 11.9. The van der Waals surface area contributed by atoms with Gasteiger partial charge in [0, 0.05) is 19.1 Å². The van der Waals surface area contributed by atoms with Crippen molar-refractivity contribution in [2.75, 3.05) is 31.6 Å². The van der Waals surface area contributed by atoms with Crippen LogP contribution in [-0.2, 0) is 4.74 Å². The molecule has 0 saturated heterocycles. The second-order valence-corrected chi connectivity index (χ2v) is 5.75. The van der Waals surface area contributed by atoms with Crippen molar-refractivity contribution in [3.8, 4) is 0 Å². The molecule has 0 spiro atoms. The smallest absolute Gasteiger partial charge is 0.343 e. The van der Waals surface area contributed by atoms with Crippen LogP contribution in [0.2, 0.25) is 0 Å². The van der Waals surface area contributed by atoms with Crippen molar-refractivity contribution in [2.45, 2.75) is 39.7 Å². The van der Waals surface area contributed by atoms with E-state index in [0.29, 0.717) is 12.2 Å². The van der Waals surface area contributed by atoms with E-state index in [2.05, 4.69) is 21.5 Å². The van der Waals surface area contributed by atoms with E-state index in [1.807, 2.05) is 13.8 Å². The van der Waals surface area contributed by atoms with E-state index in [9.17, 15) is 4.79 Å². The summed E-state index contributed by atoms with van der Waals surface area (Å²) in [6.45, 7) is 9.15. The van der Waals surface area contributed by atoms with E-state index in [-0.39, 0.29) is 5.97 Å². The zero-order chi connectivity index (χ0) is 14.5. The highest BCUT2D eigenvalue weighted by Crippen LogP contribution is 2.27. The lowest BCUT2D eigenvalue weighted by molar-refractivity contribution is 0.0527. The Labute approximate surface area is 124 Å². The quantitative estimate of drug-likeness (QED) is 0.747. The number of esters is 1. The number of carbonyl (C=O) groups is 1. The number of aromatic nitrogens is 1. The number of hydrogen-bond acceptors (Lipinski definition) is 6. The molecule has 0 aliphatic heterocycles. The molecule has 1 aliphatic rings. The third kappa shape index (κ3) is 3.70. The van der Waals surface area contributed by atoms with Gasteiger partial charge in [-0.25, -0.2) is 4.79 Å².